The van der Waals surface area contributed by atoms with Crippen molar-refractivity contribution < 1.29 is 0 Å². The summed E-state index contributed by atoms with van der Waals surface area (Å²) in [6, 6.07) is 4.57. The van der Waals surface area contributed by atoms with Crippen molar-refractivity contribution in [1.82, 2.24) is 29.7 Å². The molecule has 2 aliphatic rings. The van der Waals surface area contributed by atoms with Crippen molar-refractivity contribution in [2.45, 2.75) is 45.2 Å². The number of anilines is 1. The Balaban J connectivity index is 1.22. The zero-order chi connectivity index (χ0) is 17.7. The summed E-state index contributed by atoms with van der Waals surface area (Å²) in [5, 5.41) is 14.1. The van der Waals surface area contributed by atoms with Crippen LogP contribution in [0.5, 0.6) is 0 Å². The Bertz CT molecular complexity index is 917. The predicted molar refractivity (Wildman–Crippen MR) is 102 cm³/mol. The van der Waals surface area contributed by atoms with Gasteiger partial charge in [0.1, 0.15) is 10.8 Å². The van der Waals surface area contributed by atoms with Crippen LogP contribution in [-0.2, 0) is 19.4 Å². The van der Waals surface area contributed by atoms with Gasteiger partial charge >= 0.3 is 0 Å². The maximum Gasteiger partial charge on any atom is 0.178 e. The van der Waals surface area contributed by atoms with Gasteiger partial charge in [0, 0.05) is 24.0 Å². The number of rotatable bonds is 4. The van der Waals surface area contributed by atoms with E-state index in [9.17, 15) is 0 Å². The Morgan fingerprint density at radius 3 is 2.88 bits per heavy atom. The fourth-order valence-corrected chi connectivity index (χ4v) is 5.01. The molecule has 0 radical (unpaired) electrons. The van der Waals surface area contributed by atoms with Crippen LogP contribution in [0, 0.1) is 6.92 Å². The lowest BCUT2D eigenvalue weighted by molar-refractivity contribution is 0.196. The minimum Gasteiger partial charge on any atom is -0.352 e. The molecule has 1 aliphatic carbocycles. The third-order valence-electron chi connectivity index (χ3n) is 5.49. The molecule has 0 N–H and O–H groups in total. The van der Waals surface area contributed by atoms with Gasteiger partial charge in [-0.1, -0.05) is 0 Å². The topological polar surface area (TPSA) is 62.5 Å². The van der Waals surface area contributed by atoms with Crippen molar-refractivity contribution in [1.29, 1.82) is 0 Å². The third-order valence-corrected chi connectivity index (χ3v) is 6.63. The zero-order valence-corrected chi connectivity index (χ0v) is 16.0. The fraction of sp³-hybridized carbons (Fsp3) is 0.556. The molecule has 0 amide bonds. The maximum atomic E-state index is 4.88. The molecule has 5 rings (SSSR count). The molecule has 0 atom stereocenters. The molecule has 8 heteroatoms. The van der Waals surface area contributed by atoms with Crippen LogP contribution < -0.4 is 4.90 Å². The van der Waals surface area contributed by atoms with Crippen LogP contribution in [0.1, 0.15) is 34.2 Å². The summed E-state index contributed by atoms with van der Waals surface area (Å²) in [4.78, 5) is 11.2. The van der Waals surface area contributed by atoms with Crippen molar-refractivity contribution in [3.05, 3.63) is 33.5 Å². The van der Waals surface area contributed by atoms with Gasteiger partial charge in [0.05, 0.1) is 12.2 Å². The number of aryl methyl sites for hydroxylation is 3. The average molecular weight is 369 g/mol. The first-order valence-corrected chi connectivity index (χ1v) is 10.1. The minimum absolute atomic E-state index is 0.551. The second-order valence-corrected chi connectivity index (χ2v) is 8.54. The molecule has 1 saturated heterocycles. The van der Waals surface area contributed by atoms with Crippen molar-refractivity contribution in [2.24, 2.45) is 0 Å². The summed E-state index contributed by atoms with van der Waals surface area (Å²) in [6.45, 7) is 4.88. The van der Waals surface area contributed by atoms with Crippen molar-refractivity contribution >= 4 is 22.8 Å². The Hall–Kier alpha value is -2.06. The third kappa shape index (κ3) is 2.77. The number of thiazole rings is 1. The molecule has 1 fully saturated rings. The van der Waals surface area contributed by atoms with E-state index in [0.29, 0.717) is 6.04 Å². The molecule has 0 saturated carbocycles. The summed E-state index contributed by atoms with van der Waals surface area (Å²) in [5.74, 6) is 1.82. The first-order chi connectivity index (χ1) is 12.7. The SMILES string of the molecule is Cc1nnc2ccc(N3CC(N(C)Cc4nc5c(s4)CCCC5)C3)nn12. The summed E-state index contributed by atoms with van der Waals surface area (Å²) >= 11 is 1.92. The Morgan fingerprint density at radius 1 is 1.19 bits per heavy atom. The number of fused-ring (bicyclic) bond motifs is 2. The predicted octanol–water partition coefficient (Wildman–Crippen LogP) is 2.09. The molecule has 1 aliphatic heterocycles. The number of hydrogen-bond donors (Lipinski definition) is 0. The summed E-state index contributed by atoms with van der Waals surface area (Å²) in [5.41, 5.74) is 2.16. The van der Waals surface area contributed by atoms with E-state index in [0.717, 1.165) is 36.9 Å². The second kappa shape index (κ2) is 6.28. The first-order valence-electron chi connectivity index (χ1n) is 9.29. The van der Waals surface area contributed by atoms with E-state index in [1.807, 2.05) is 34.9 Å². The van der Waals surface area contributed by atoms with Gasteiger partial charge in [-0.25, -0.2) is 4.98 Å². The highest BCUT2D eigenvalue weighted by Crippen LogP contribution is 2.28. The summed E-state index contributed by atoms with van der Waals surface area (Å²) < 4.78 is 1.81. The van der Waals surface area contributed by atoms with E-state index in [1.165, 1.54) is 41.3 Å². The molecule has 0 aromatic carbocycles. The van der Waals surface area contributed by atoms with E-state index >= 15 is 0 Å². The van der Waals surface area contributed by atoms with Crippen LogP contribution in [0.2, 0.25) is 0 Å². The number of nitrogens with zero attached hydrogens (tertiary/aromatic N) is 7. The van der Waals surface area contributed by atoms with Gasteiger partial charge in [0.15, 0.2) is 11.5 Å². The molecule has 3 aromatic rings. The fourth-order valence-electron chi connectivity index (χ4n) is 3.79. The van der Waals surface area contributed by atoms with Gasteiger partial charge in [0.25, 0.3) is 0 Å². The van der Waals surface area contributed by atoms with Crippen LogP contribution in [0.3, 0.4) is 0 Å². The summed E-state index contributed by atoms with van der Waals surface area (Å²) in [6.07, 6.45) is 5.02. The summed E-state index contributed by atoms with van der Waals surface area (Å²) in [7, 11) is 2.21. The van der Waals surface area contributed by atoms with Crippen molar-refractivity contribution in [2.75, 3.05) is 25.0 Å². The van der Waals surface area contributed by atoms with E-state index in [1.54, 1.807) is 0 Å². The molecule has 0 spiro atoms. The van der Waals surface area contributed by atoms with Crippen LogP contribution >= 0.6 is 11.3 Å². The van der Waals surface area contributed by atoms with Crippen molar-refractivity contribution in [3.8, 4) is 0 Å². The van der Waals surface area contributed by atoms with Crippen LogP contribution in [-0.4, -0.2) is 55.9 Å². The Labute approximate surface area is 156 Å². The highest BCUT2D eigenvalue weighted by atomic mass is 32.1. The standard InChI is InChI=1S/C18H23N7S/c1-12-20-21-16-7-8-17(22-25(12)16)24-9-13(10-24)23(2)11-18-19-14-5-3-4-6-15(14)26-18/h7-8,13H,3-6,9-11H2,1-2H3. The van der Waals surface area contributed by atoms with E-state index in [4.69, 9.17) is 4.98 Å². The van der Waals surface area contributed by atoms with Gasteiger partial charge < -0.3 is 4.90 Å². The maximum absolute atomic E-state index is 4.88. The quantitative estimate of drug-likeness (QED) is 0.702. The lowest BCUT2D eigenvalue weighted by Crippen LogP contribution is -2.58. The zero-order valence-electron chi connectivity index (χ0n) is 15.2. The molecule has 26 heavy (non-hydrogen) atoms. The molecule has 3 aromatic heterocycles. The second-order valence-electron chi connectivity index (χ2n) is 7.37. The van der Waals surface area contributed by atoms with Gasteiger partial charge in [-0.15, -0.1) is 26.6 Å². The monoisotopic (exact) mass is 369 g/mol. The van der Waals surface area contributed by atoms with E-state index < -0.39 is 0 Å². The molecule has 136 valence electrons. The molecule has 4 heterocycles. The number of aromatic nitrogens is 5. The van der Waals surface area contributed by atoms with Gasteiger partial charge in [-0.3, -0.25) is 4.90 Å². The Kier molecular flexibility index (Phi) is 3.90. The number of likely N-dealkylation sites (N-methyl/N-ethyl adjacent to an activating group) is 1. The average Bonchev–Trinajstić information content (AvgIpc) is 3.16. The van der Waals surface area contributed by atoms with Gasteiger partial charge in [-0.05, 0) is 51.8 Å². The van der Waals surface area contributed by atoms with Crippen molar-refractivity contribution in [3.63, 3.8) is 0 Å². The van der Waals surface area contributed by atoms with E-state index in [2.05, 4.69) is 32.1 Å². The molecule has 0 bridgehead atoms. The van der Waals surface area contributed by atoms with Crippen LogP contribution in [0.15, 0.2) is 12.1 Å². The van der Waals surface area contributed by atoms with Gasteiger partial charge in [-0.2, -0.15) is 4.52 Å². The molecule has 0 unspecified atom stereocenters. The lowest BCUT2D eigenvalue weighted by atomic mass is 10.0. The van der Waals surface area contributed by atoms with E-state index in [-0.39, 0.29) is 0 Å². The first kappa shape index (κ1) is 16.1. The number of hydrogen-bond acceptors (Lipinski definition) is 7. The smallest absolute Gasteiger partial charge is 0.178 e. The minimum atomic E-state index is 0.551. The highest BCUT2D eigenvalue weighted by Gasteiger charge is 2.32. The highest BCUT2D eigenvalue weighted by molar-refractivity contribution is 7.11. The molecule has 7 nitrogen and oxygen atoms in total. The normalized spacial score (nSPS) is 17.7. The van der Waals surface area contributed by atoms with Crippen LogP contribution in [0.25, 0.3) is 5.65 Å². The molecular formula is C18H23N7S. The van der Waals surface area contributed by atoms with Crippen LogP contribution in [0.4, 0.5) is 5.82 Å². The lowest BCUT2D eigenvalue weighted by Gasteiger charge is -2.44. The largest absolute Gasteiger partial charge is 0.352 e. The molecular weight excluding hydrogens is 346 g/mol. The Morgan fingerprint density at radius 2 is 2.04 bits per heavy atom. The van der Waals surface area contributed by atoms with Gasteiger partial charge in [0.2, 0.25) is 0 Å².